The lowest BCUT2D eigenvalue weighted by atomic mass is 9.98. The van der Waals surface area contributed by atoms with Gasteiger partial charge in [-0.25, -0.2) is 14.6 Å². The average Bonchev–Trinajstić information content (AvgIpc) is 3.47. The van der Waals surface area contributed by atoms with Gasteiger partial charge in [-0.15, -0.1) is 23.1 Å². The lowest BCUT2D eigenvalue weighted by molar-refractivity contribution is -0.368. The van der Waals surface area contributed by atoms with Crippen LogP contribution in [0.25, 0.3) is 0 Å². The number of aromatic nitrogens is 1. The van der Waals surface area contributed by atoms with E-state index in [9.17, 15) is 28.8 Å². The van der Waals surface area contributed by atoms with E-state index in [-0.39, 0.29) is 34.6 Å². The first-order valence-corrected chi connectivity index (χ1v) is 17.4. The van der Waals surface area contributed by atoms with Gasteiger partial charge < -0.3 is 53.1 Å². The van der Waals surface area contributed by atoms with E-state index >= 15 is 0 Å². The summed E-state index contributed by atoms with van der Waals surface area (Å²) < 4.78 is 15.3. The number of halogens is 1. The number of ether oxygens (including phenoxy) is 3. The predicted octanol–water partition coefficient (Wildman–Crippen LogP) is -1.88. The van der Waals surface area contributed by atoms with Gasteiger partial charge in [-0.2, -0.15) is 0 Å². The summed E-state index contributed by atoms with van der Waals surface area (Å²) in [6.07, 6.45) is 2.50. The molecule has 0 bridgehead atoms. The Morgan fingerprint density at radius 2 is 1.82 bits per heavy atom. The Kier molecular flexibility index (Phi) is 15.5. The van der Waals surface area contributed by atoms with E-state index in [2.05, 4.69) is 31.8 Å². The van der Waals surface area contributed by atoms with Crippen molar-refractivity contribution in [2.45, 2.75) is 83.9 Å². The maximum Gasteiger partial charge on any atom is 0.408 e. The maximum atomic E-state index is 13.3. The van der Waals surface area contributed by atoms with Gasteiger partial charge in [-0.1, -0.05) is 5.16 Å². The van der Waals surface area contributed by atoms with E-state index < -0.39 is 71.0 Å². The number of nitrogens with zero attached hydrogens (tertiary/aromatic N) is 3. The number of anilines is 1. The highest BCUT2D eigenvalue weighted by atomic mass is 35.5. The summed E-state index contributed by atoms with van der Waals surface area (Å²) in [5, 5.41) is 12.6. The van der Waals surface area contributed by atoms with Crippen LogP contribution in [0.5, 0.6) is 0 Å². The first kappa shape index (κ1) is 42.2. The number of amides is 4. The molecular weight excluding hydrogens is 718 g/mol. The average molecular weight is 762 g/mol. The number of carbonyl (C=O) groups excluding carboxylic acids is 6. The molecule has 0 aromatic carbocycles. The van der Waals surface area contributed by atoms with Gasteiger partial charge in [-0.05, 0) is 66.9 Å². The molecule has 0 spiro atoms. The van der Waals surface area contributed by atoms with Crippen molar-refractivity contribution in [1.82, 2.24) is 20.5 Å². The number of alkyl carbamates (subject to hydrolysis) is 1. The fourth-order valence-electron chi connectivity index (χ4n) is 4.34. The van der Waals surface area contributed by atoms with Crippen molar-refractivity contribution in [2.24, 2.45) is 10.6 Å². The molecule has 278 valence electrons. The smallest absolute Gasteiger partial charge is 0.408 e. The highest BCUT2D eigenvalue weighted by Gasteiger charge is 2.53. The lowest BCUT2D eigenvalue weighted by Crippen LogP contribution is -3.00. The molecule has 1 aromatic rings. The van der Waals surface area contributed by atoms with Crippen molar-refractivity contribution in [2.75, 3.05) is 31.5 Å². The first-order chi connectivity index (χ1) is 23.0. The van der Waals surface area contributed by atoms with Crippen molar-refractivity contribution in [3.8, 4) is 0 Å². The number of quaternary nitrogens is 1. The van der Waals surface area contributed by atoms with E-state index in [4.69, 9.17) is 19.0 Å². The third-order valence-corrected chi connectivity index (χ3v) is 8.65. The number of carbonyl (C=O) groups is 6. The molecule has 0 radical (unpaired) electrons. The van der Waals surface area contributed by atoms with Crippen molar-refractivity contribution < 1.29 is 66.0 Å². The van der Waals surface area contributed by atoms with Crippen LogP contribution < -0.4 is 34.1 Å². The molecular formula is C30H44ClN7O10S2. The van der Waals surface area contributed by atoms with Crippen LogP contribution in [0.1, 0.15) is 66.5 Å². The van der Waals surface area contributed by atoms with Crippen LogP contribution >= 0.6 is 23.1 Å². The number of hydrogen-bond acceptors (Lipinski definition) is 14. The molecule has 1 saturated heterocycles. The number of thioether (sulfide) groups is 1. The summed E-state index contributed by atoms with van der Waals surface area (Å²) in [7, 11) is 1.23. The molecule has 4 amide bonds. The number of rotatable bonds is 14. The number of nitrogens with one attached hydrogen (secondary N) is 3. The SMILES string of the molecule is CO/N=C(\C(=O)N[C@@H]1C(=O)N2C(C(=O)OCOC(=O)C(C)(C)C)=CCS[C@H]12)c1csc(NC(=O)[C@H](CCCC[NH3+])NC(=O)OC(C)(C)C)n1.[Cl-]. The van der Waals surface area contributed by atoms with Crippen molar-refractivity contribution in [3.63, 3.8) is 0 Å². The normalized spacial score (nSPS) is 17.8. The van der Waals surface area contributed by atoms with Crippen molar-refractivity contribution >= 4 is 69.7 Å². The quantitative estimate of drug-likeness (QED) is 0.0408. The van der Waals surface area contributed by atoms with Gasteiger partial charge in [0, 0.05) is 11.1 Å². The van der Waals surface area contributed by atoms with Crippen LogP contribution in [-0.4, -0.2) is 101 Å². The molecule has 0 aliphatic carbocycles. The Morgan fingerprint density at radius 3 is 2.44 bits per heavy atom. The van der Waals surface area contributed by atoms with Crippen molar-refractivity contribution in [1.29, 1.82) is 0 Å². The van der Waals surface area contributed by atoms with Gasteiger partial charge in [0.25, 0.3) is 11.8 Å². The van der Waals surface area contributed by atoms with Crippen LogP contribution in [0.4, 0.5) is 9.93 Å². The van der Waals surface area contributed by atoms with Gasteiger partial charge in [0.2, 0.25) is 12.7 Å². The summed E-state index contributed by atoms with van der Waals surface area (Å²) in [5.74, 6) is -2.94. The standard InChI is InChI=1S/C30H43N7O10S2.ClH/c1-29(2,3)26(42)46-15-45-25(41)18-11-13-48-24-20(23(40)37(18)24)34-22(39)19(36-44-7)17-14-49-27(32-17)35-21(38)16(10-8-9-12-31)33-28(43)47-30(4,5)6;/h11,14,16,20,24H,8-10,12-13,15,31H2,1-7H3,(H,33,43)(H,34,39)(H,32,35,38);1H/b36-19-;/t16-,20+,24+;/m0./s1. The molecule has 2 aliphatic rings. The molecule has 3 atom stereocenters. The van der Waals surface area contributed by atoms with E-state index in [1.807, 2.05) is 0 Å². The number of esters is 2. The fourth-order valence-corrected chi connectivity index (χ4v) is 6.23. The van der Waals surface area contributed by atoms with E-state index in [0.29, 0.717) is 25.1 Å². The van der Waals surface area contributed by atoms with Gasteiger partial charge in [-0.3, -0.25) is 24.1 Å². The number of β-lactam (4-membered cyclic amide) rings is 1. The number of hydrogen-bond donors (Lipinski definition) is 4. The van der Waals surface area contributed by atoms with E-state index in [1.54, 1.807) is 41.5 Å². The molecule has 3 heterocycles. The Morgan fingerprint density at radius 1 is 1.12 bits per heavy atom. The zero-order chi connectivity index (χ0) is 36.5. The summed E-state index contributed by atoms with van der Waals surface area (Å²) >= 11 is 2.33. The molecule has 17 nitrogen and oxygen atoms in total. The van der Waals surface area contributed by atoms with Gasteiger partial charge in [0.1, 0.15) is 41.6 Å². The Labute approximate surface area is 304 Å². The molecule has 3 rings (SSSR count). The Balaban J connectivity index is 0.00000867. The largest absolute Gasteiger partial charge is 1.00 e. The molecule has 1 aromatic heterocycles. The van der Waals surface area contributed by atoms with Gasteiger partial charge in [0.15, 0.2) is 10.8 Å². The summed E-state index contributed by atoms with van der Waals surface area (Å²) in [6.45, 7) is 10.2. The lowest BCUT2D eigenvalue weighted by Gasteiger charge is -2.48. The third kappa shape index (κ3) is 11.6. The minimum absolute atomic E-state index is 0. The highest BCUT2D eigenvalue weighted by Crippen LogP contribution is 2.38. The van der Waals surface area contributed by atoms with E-state index in [0.717, 1.165) is 17.8 Å². The summed E-state index contributed by atoms with van der Waals surface area (Å²) in [4.78, 5) is 87.0. The van der Waals surface area contributed by atoms with Crippen LogP contribution in [0.2, 0.25) is 0 Å². The van der Waals surface area contributed by atoms with Gasteiger partial charge >= 0.3 is 18.0 Å². The van der Waals surface area contributed by atoms with Crippen molar-refractivity contribution in [3.05, 3.63) is 22.8 Å². The zero-order valence-electron chi connectivity index (χ0n) is 29.0. The van der Waals surface area contributed by atoms with Crippen LogP contribution in [0.15, 0.2) is 22.3 Å². The molecule has 50 heavy (non-hydrogen) atoms. The second kappa shape index (κ2) is 18.3. The first-order valence-electron chi connectivity index (χ1n) is 15.4. The molecule has 20 heteroatoms. The minimum atomic E-state index is -1.01. The maximum absolute atomic E-state index is 13.3. The zero-order valence-corrected chi connectivity index (χ0v) is 31.3. The predicted molar refractivity (Wildman–Crippen MR) is 179 cm³/mol. The monoisotopic (exact) mass is 761 g/mol. The van der Waals surface area contributed by atoms with E-state index in [1.165, 1.54) is 35.2 Å². The third-order valence-electron chi connectivity index (χ3n) is 6.71. The molecule has 1 fully saturated rings. The van der Waals surface area contributed by atoms with Gasteiger partial charge in [0.05, 0.1) is 12.0 Å². The van der Waals surface area contributed by atoms with Crippen LogP contribution in [0, 0.1) is 5.41 Å². The number of fused-ring (bicyclic) bond motifs is 1. The molecule has 0 unspecified atom stereocenters. The molecule has 2 aliphatic heterocycles. The second-order valence-corrected chi connectivity index (χ2v) is 14.9. The molecule has 6 N–H and O–H groups in total. The molecule has 0 saturated carbocycles. The number of thiazole rings is 1. The fraction of sp³-hybridized carbons (Fsp3) is 0.600. The summed E-state index contributed by atoms with van der Waals surface area (Å²) in [5.41, 5.74) is 2.03. The number of unbranched alkanes of at least 4 members (excludes halogenated alkanes) is 1. The Bertz CT molecular complexity index is 1490. The highest BCUT2D eigenvalue weighted by molar-refractivity contribution is 8.00. The number of oxime groups is 1. The second-order valence-electron chi connectivity index (χ2n) is 12.9. The Hall–Kier alpha value is -3.94. The summed E-state index contributed by atoms with van der Waals surface area (Å²) in [6, 6.07) is -1.93. The minimum Gasteiger partial charge on any atom is -1.00 e. The van der Waals surface area contributed by atoms with Crippen LogP contribution in [-0.2, 0) is 43.0 Å². The topological polar surface area (TPSA) is 232 Å². The van der Waals surface area contributed by atoms with Crippen LogP contribution in [0.3, 0.4) is 0 Å².